The van der Waals surface area contributed by atoms with Crippen molar-refractivity contribution in [1.82, 2.24) is 0 Å². The van der Waals surface area contributed by atoms with Gasteiger partial charge in [0.25, 0.3) is 0 Å². The zero-order valence-corrected chi connectivity index (χ0v) is 11.0. The normalized spacial score (nSPS) is 10.2. The first-order valence-electron chi connectivity index (χ1n) is 5.61. The van der Waals surface area contributed by atoms with Crippen LogP contribution in [0, 0.1) is 5.82 Å². The number of carbonyl (C=O) groups excluding carboxylic acids is 1. The van der Waals surface area contributed by atoms with Crippen LogP contribution in [-0.4, -0.2) is 17.0 Å². The van der Waals surface area contributed by atoms with Gasteiger partial charge in [0, 0.05) is 22.4 Å². The van der Waals surface area contributed by atoms with Crippen molar-refractivity contribution in [2.75, 3.05) is 5.32 Å². The number of carbonyl (C=O) groups is 2. The number of nitrogens with one attached hydrogen (secondary N) is 1. The van der Waals surface area contributed by atoms with Crippen LogP contribution in [0.4, 0.5) is 10.1 Å². The first-order chi connectivity index (χ1) is 9.47. The number of halogens is 1. The maximum absolute atomic E-state index is 13.6. The Labute approximate surface area is 117 Å². The summed E-state index contributed by atoms with van der Waals surface area (Å²) in [6.07, 6.45) is 0. The molecule has 104 valence electrons. The lowest BCUT2D eigenvalue weighted by atomic mass is 10.2. The molecule has 1 aromatic heterocycles. The van der Waals surface area contributed by atoms with Crippen molar-refractivity contribution in [2.45, 2.75) is 6.54 Å². The standard InChI is InChI=1S/C13H11FN2O3S/c14-10-2-1-7(12(15)17)4-11(10)16-5-9-3-8(6-20-9)13(18)19/h1-4,6,16H,5H2,(H2,15,17)(H,18,19). The fourth-order valence-corrected chi connectivity index (χ4v) is 2.38. The highest BCUT2D eigenvalue weighted by atomic mass is 32.1. The molecule has 7 heteroatoms. The summed E-state index contributed by atoms with van der Waals surface area (Å²) in [4.78, 5) is 22.5. The Morgan fingerprint density at radius 3 is 2.65 bits per heavy atom. The van der Waals surface area contributed by atoms with E-state index in [0.29, 0.717) is 0 Å². The van der Waals surface area contributed by atoms with Gasteiger partial charge < -0.3 is 16.2 Å². The van der Waals surface area contributed by atoms with E-state index in [-0.39, 0.29) is 23.4 Å². The van der Waals surface area contributed by atoms with Crippen LogP contribution in [0.15, 0.2) is 29.6 Å². The van der Waals surface area contributed by atoms with E-state index < -0.39 is 17.7 Å². The quantitative estimate of drug-likeness (QED) is 0.789. The molecule has 0 aliphatic carbocycles. The van der Waals surface area contributed by atoms with Crippen LogP contribution in [0.25, 0.3) is 0 Å². The van der Waals surface area contributed by atoms with Crippen molar-refractivity contribution < 1.29 is 19.1 Å². The number of hydrogen-bond donors (Lipinski definition) is 3. The first-order valence-corrected chi connectivity index (χ1v) is 6.49. The molecule has 4 N–H and O–H groups in total. The van der Waals surface area contributed by atoms with E-state index in [4.69, 9.17) is 10.8 Å². The van der Waals surface area contributed by atoms with Gasteiger partial charge in [-0.05, 0) is 24.3 Å². The molecule has 0 saturated heterocycles. The van der Waals surface area contributed by atoms with Crippen LogP contribution < -0.4 is 11.1 Å². The molecule has 2 rings (SSSR count). The van der Waals surface area contributed by atoms with E-state index in [9.17, 15) is 14.0 Å². The van der Waals surface area contributed by atoms with Crippen molar-refractivity contribution >= 4 is 28.9 Å². The lowest BCUT2D eigenvalue weighted by Gasteiger charge is -2.07. The van der Waals surface area contributed by atoms with Crippen LogP contribution in [0.3, 0.4) is 0 Å². The van der Waals surface area contributed by atoms with Crippen LogP contribution in [-0.2, 0) is 6.54 Å². The van der Waals surface area contributed by atoms with Crippen molar-refractivity contribution in [1.29, 1.82) is 0 Å². The molecule has 0 fully saturated rings. The molecule has 20 heavy (non-hydrogen) atoms. The van der Waals surface area contributed by atoms with E-state index >= 15 is 0 Å². The maximum Gasteiger partial charge on any atom is 0.336 e. The summed E-state index contributed by atoms with van der Waals surface area (Å²) in [6.45, 7) is 0.261. The average Bonchev–Trinajstić information content (AvgIpc) is 2.86. The zero-order valence-electron chi connectivity index (χ0n) is 10.2. The number of nitrogens with two attached hydrogens (primary N) is 1. The van der Waals surface area contributed by atoms with E-state index in [1.807, 2.05) is 0 Å². The van der Waals surface area contributed by atoms with Gasteiger partial charge in [0.1, 0.15) is 5.82 Å². The fourth-order valence-electron chi connectivity index (χ4n) is 1.58. The molecule has 0 saturated carbocycles. The summed E-state index contributed by atoms with van der Waals surface area (Å²) >= 11 is 1.26. The van der Waals surface area contributed by atoms with Gasteiger partial charge in [-0.1, -0.05) is 0 Å². The SMILES string of the molecule is NC(=O)c1ccc(F)c(NCc2cc(C(=O)O)cs2)c1. The Bertz CT molecular complexity index is 669. The van der Waals surface area contributed by atoms with Crippen LogP contribution >= 0.6 is 11.3 Å². The third kappa shape index (κ3) is 3.12. The van der Waals surface area contributed by atoms with Crippen molar-refractivity contribution in [2.24, 2.45) is 5.73 Å². The third-order valence-electron chi connectivity index (χ3n) is 2.60. The predicted molar refractivity (Wildman–Crippen MR) is 73.5 cm³/mol. The monoisotopic (exact) mass is 294 g/mol. The Morgan fingerprint density at radius 1 is 1.30 bits per heavy atom. The molecular formula is C13H11FN2O3S. The van der Waals surface area contributed by atoms with Gasteiger partial charge in [0.05, 0.1) is 11.3 Å². The number of carboxylic acid groups (broad SMARTS) is 1. The van der Waals surface area contributed by atoms with E-state index in [1.165, 1.54) is 34.9 Å². The summed E-state index contributed by atoms with van der Waals surface area (Å²) in [5.41, 5.74) is 5.66. The minimum Gasteiger partial charge on any atom is -0.478 e. The lowest BCUT2D eigenvalue weighted by Crippen LogP contribution is -2.12. The topological polar surface area (TPSA) is 92.4 Å². The number of benzene rings is 1. The number of thiophene rings is 1. The summed E-state index contributed by atoms with van der Waals surface area (Å²) in [5, 5.41) is 13.1. The Balaban J connectivity index is 2.11. The summed E-state index contributed by atoms with van der Waals surface area (Å²) < 4.78 is 13.6. The molecular weight excluding hydrogens is 283 g/mol. The molecule has 1 aromatic carbocycles. The van der Waals surface area contributed by atoms with Gasteiger partial charge >= 0.3 is 5.97 Å². The van der Waals surface area contributed by atoms with Crippen molar-refractivity contribution in [3.63, 3.8) is 0 Å². The smallest absolute Gasteiger partial charge is 0.336 e. The Morgan fingerprint density at radius 2 is 2.05 bits per heavy atom. The van der Waals surface area contributed by atoms with Gasteiger partial charge in [-0.2, -0.15) is 0 Å². The molecule has 0 unspecified atom stereocenters. The zero-order chi connectivity index (χ0) is 14.7. The highest BCUT2D eigenvalue weighted by Gasteiger charge is 2.09. The molecule has 0 radical (unpaired) electrons. The van der Waals surface area contributed by atoms with Crippen molar-refractivity contribution in [3.8, 4) is 0 Å². The fraction of sp³-hybridized carbons (Fsp3) is 0.0769. The molecule has 1 amide bonds. The Kier molecular flexibility index (Phi) is 3.99. The highest BCUT2D eigenvalue weighted by molar-refractivity contribution is 7.10. The second-order valence-corrected chi connectivity index (χ2v) is 5.02. The minimum atomic E-state index is -1.01. The van der Waals surface area contributed by atoms with Gasteiger partial charge in [-0.25, -0.2) is 9.18 Å². The minimum absolute atomic E-state index is 0.145. The molecule has 0 bridgehead atoms. The number of hydrogen-bond acceptors (Lipinski definition) is 4. The van der Waals surface area contributed by atoms with Gasteiger partial charge in [-0.15, -0.1) is 11.3 Å². The molecule has 0 aliphatic heterocycles. The predicted octanol–water partition coefficient (Wildman–Crippen LogP) is 2.30. The second kappa shape index (κ2) is 5.70. The van der Waals surface area contributed by atoms with Gasteiger partial charge in [0.2, 0.25) is 5.91 Å². The number of carboxylic acids is 1. The van der Waals surface area contributed by atoms with Crippen LogP contribution in [0.1, 0.15) is 25.6 Å². The van der Waals surface area contributed by atoms with E-state index in [2.05, 4.69) is 5.32 Å². The molecule has 0 aliphatic rings. The number of aromatic carboxylic acids is 1. The first kappa shape index (κ1) is 14.0. The number of primary amides is 1. The third-order valence-corrected chi connectivity index (χ3v) is 3.54. The summed E-state index contributed by atoms with van der Waals surface area (Å²) in [5.74, 6) is -2.16. The average molecular weight is 294 g/mol. The lowest BCUT2D eigenvalue weighted by molar-refractivity contribution is 0.0697. The largest absolute Gasteiger partial charge is 0.478 e. The van der Waals surface area contributed by atoms with Crippen molar-refractivity contribution in [3.05, 3.63) is 51.5 Å². The van der Waals surface area contributed by atoms with E-state index in [0.717, 1.165) is 10.9 Å². The van der Waals surface area contributed by atoms with E-state index in [1.54, 1.807) is 0 Å². The molecule has 0 atom stereocenters. The molecule has 5 nitrogen and oxygen atoms in total. The Hall–Kier alpha value is -2.41. The maximum atomic E-state index is 13.6. The summed E-state index contributed by atoms with van der Waals surface area (Å²) in [7, 11) is 0. The van der Waals surface area contributed by atoms with Crippen LogP contribution in [0.2, 0.25) is 0 Å². The molecule has 0 spiro atoms. The number of anilines is 1. The number of rotatable bonds is 5. The molecule has 1 heterocycles. The van der Waals surface area contributed by atoms with Gasteiger partial charge in [0.15, 0.2) is 0 Å². The van der Waals surface area contributed by atoms with Crippen LogP contribution in [0.5, 0.6) is 0 Å². The molecule has 2 aromatic rings. The second-order valence-electron chi connectivity index (χ2n) is 4.02. The van der Waals surface area contributed by atoms with Gasteiger partial charge in [-0.3, -0.25) is 4.79 Å². The number of amides is 1. The highest BCUT2D eigenvalue weighted by Crippen LogP contribution is 2.20. The summed E-state index contributed by atoms with van der Waals surface area (Å²) in [6, 6.07) is 5.29.